The van der Waals surface area contributed by atoms with Crippen LogP contribution in [-0.2, 0) is 6.61 Å². The second-order valence-electron chi connectivity index (χ2n) is 7.24. The standard InChI is InChI=1S/C25H22N4O4/c1-16-12-21(28-25(30)31)23(18-6-4-3-5-7-18)29-22(16)19-13-26-24(27-14-19)33-15-17-8-10-20(32-2)11-9-17/h3-14,28H,15H2,1-2H3,(H,30,31). The molecule has 33 heavy (non-hydrogen) atoms. The van der Waals surface area contributed by atoms with Crippen LogP contribution >= 0.6 is 0 Å². The number of methoxy groups -OCH3 is 1. The monoisotopic (exact) mass is 442 g/mol. The predicted octanol–water partition coefficient (Wildman–Crippen LogP) is 5.19. The summed E-state index contributed by atoms with van der Waals surface area (Å²) < 4.78 is 10.8. The van der Waals surface area contributed by atoms with Crippen molar-refractivity contribution >= 4 is 11.8 Å². The first kappa shape index (κ1) is 21.8. The number of aromatic nitrogens is 3. The van der Waals surface area contributed by atoms with Crippen molar-refractivity contribution in [3.05, 3.63) is 84.2 Å². The highest BCUT2D eigenvalue weighted by Crippen LogP contribution is 2.32. The van der Waals surface area contributed by atoms with E-state index in [1.807, 2.05) is 61.5 Å². The van der Waals surface area contributed by atoms with Gasteiger partial charge in [0.15, 0.2) is 0 Å². The van der Waals surface area contributed by atoms with Crippen LogP contribution in [0.2, 0.25) is 0 Å². The summed E-state index contributed by atoms with van der Waals surface area (Å²) in [4.78, 5) is 24.6. The number of benzene rings is 2. The lowest BCUT2D eigenvalue weighted by Gasteiger charge is -2.14. The van der Waals surface area contributed by atoms with E-state index in [-0.39, 0.29) is 6.01 Å². The lowest BCUT2D eigenvalue weighted by atomic mass is 10.0. The maximum Gasteiger partial charge on any atom is 0.409 e. The average Bonchev–Trinajstić information content (AvgIpc) is 2.84. The maximum atomic E-state index is 11.3. The molecule has 166 valence electrons. The van der Waals surface area contributed by atoms with Crippen LogP contribution in [-0.4, -0.2) is 33.3 Å². The zero-order valence-electron chi connectivity index (χ0n) is 18.1. The SMILES string of the molecule is COc1ccc(COc2ncc(-c3nc(-c4ccccc4)c(NC(=O)O)cc3C)cn2)cc1. The van der Waals surface area contributed by atoms with Crippen molar-refractivity contribution in [1.29, 1.82) is 0 Å². The Kier molecular flexibility index (Phi) is 6.45. The van der Waals surface area contributed by atoms with Gasteiger partial charge in [-0.2, -0.15) is 0 Å². The number of carbonyl (C=O) groups is 1. The molecule has 0 unspecified atom stereocenters. The molecule has 0 saturated carbocycles. The van der Waals surface area contributed by atoms with Gasteiger partial charge in [0.1, 0.15) is 12.4 Å². The highest BCUT2D eigenvalue weighted by Gasteiger charge is 2.15. The molecule has 8 heteroatoms. The number of hydrogen-bond donors (Lipinski definition) is 2. The van der Waals surface area contributed by atoms with Crippen LogP contribution < -0.4 is 14.8 Å². The fourth-order valence-corrected chi connectivity index (χ4v) is 3.31. The first-order valence-electron chi connectivity index (χ1n) is 10.2. The van der Waals surface area contributed by atoms with E-state index in [0.717, 1.165) is 22.4 Å². The molecule has 0 atom stereocenters. The van der Waals surface area contributed by atoms with Crippen LogP contribution in [0.3, 0.4) is 0 Å². The first-order chi connectivity index (χ1) is 16.0. The van der Waals surface area contributed by atoms with E-state index in [9.17, 15) is 9.90 Å². The number of aryl methyl sites for hydroxylation is 1. The Bertz CT molecular complexity index is 1240. The number of nitrogens with zero attached hydrogens (tertiary/aromatic N) is 3. The number of nitrogens with one attached hydrogen (secondary N) is 1. The minimum Gasteiger partial charge on any atom is -0.497 e. The molecule has 0 fully saturated rings. The molecule has 0 aliphatic carbocycles. The fourth-order valence-electron chi connectivity index (χ4n) is 3.31. The second-order valence-corrected chi connectivity index (χ2v) is 7.24. The molecule has 0 aliphatic heterocycles. The highest BCUT2D eigenvalue weighted by atomic mass is 16.5. The number of rotatable bonds is 7. The summed E-state index contributed by atoms with van der Waals surface area (Å²) in [5.41, 5.74) is 4.84. The van der Waals surface area contributed by atoms with Gasteiger partial charge >= 0.3 is 12.1 Å². The van der Waals surface area contributed by atoms with Gasteiger partial charge in [-0.15, -0.1) is 0 Å². The Labute approximate surface area is 190 Å². The van der Waals surface area contributed by atoms with Crippen LogP contribution in [0, 0.1) is 6.92 Å². The van der Waals surface area contributed by atoms with Crippen LogP contribution in [0.5, 0.6) is 11.8 Å². The van der Waals surface area contributed by atoms with Crippen molar-refractivity contribution in [2.75, 3.05) is 12.4 Å². The topological polar surface area (TPSA) is 106 Å². The van der Waals surface area contributed by atoms with E-state index in [0.29, 0.717) is 29.2 Å². The van der Waals surface area contributed by atoms with Gasteiger partial charge < -0.3 is 14.6 Å². The second kappa shape index (κ2) is 9.78. The van der Waals surface area contributed by atoms with Crippen molar-refractivity contribution in [3.63, 3.8) is 0 Å². The van der Waals surface area contributed by atoms with Gasteiger partial charge in [0.05, 0.1) is 24.2 Å². The largest absolute Gasteiger partial charge is 0.497 e. The molecule has 0 bridgehead atoms. The Morgan fingerprint density at radius 2 is 1.67 bits per heavy atom. The third-order valence-corrected chi connectivity index (χ3v) is 4.93. The Balaban J connectivity index is 1.58. The molecule has 2 N–H and O–H groups in total. The van der Waals surface area contributed by atoms with Crippen molar-refractivity contribution in [2.45, 2.75) is 13.5 Å². The lowest BCUT2D eigenvalue weighted by molar-refractivity contribution is 0.209. The average molecular weight is 442 g/mol. The normalized spacial score (nSPS) is 10.5. The molecule has 2 heterocycles. The van der Waals surface area contributed by atoms with Gasteiger partial charge in [-0.1, -0.05) is 42.5 Å². The molecular formula is C25H22N4O4. The van der Waals surface area contributed by atoms with Crippen molar-refractivity contribution < 1.29 is 19.4 Å². The highest BCUT2D eigenvalue weighted by molar-refractivity contribution is 5.90. The zero-order valence-corrected chi connectivity index (χ0v) is 18.1. The predicted molar refractivity (Wildman–Crippen MR) is 124 cm³/mol. The third-order valence-electron chi connectivity index (χ3n) is 4.93. The minimum atomic E-state index is -1.15. The van der Waals surface area contributed by atoms with Gasteiger partial charge in [-0.25, -0.2) is 19.7 Å². The van der Waals surface area contributed by atoms with E-state index in [1.165, 1.54) is 0 Å². The minimum absolute atomic E-state index is 0.250. The molecule has 1 amide bonds. The summed E-state index contributed by atoms with van der Waals surface area (Å²) in [5, 5.41) is 11.7. The van der Waals surface area contributed by atoms with Crippen LogP contribution in [0.1, 0.15) is 11.1 Å². The zero-order chi connectivity index (χ0) is 23.2. The summed E-state index contributed by atoms with van der Waals surface area (Å²) in [7, 11) is 1.62. The summed E-state index contributed by atoms with van der Waals surface area (Å²) in [6.07, 6.45) is 2.14. The van der Waals surface area contributed by atoms with Crippen LogP contribution in [0.4, 0.5) is 10.5 Å². The Morgan fingerprint density at radius 1 is 0.970 bits per heavy atom. The number of pyridine rings is 1. The quantitative estimate of drug-likeness (QED) is 0.405. The van der Waals surface area contributed by atoms with E-state index in [4.69, 9.17) is 14.5 Å². The molecule has 0 saturated heterocycles. The maximum absolute atomic E-state index is 11.3. The van der Waals surface area contributed by atoms with E-state index >= 15 is 0 Å². The number of anilines is 1. The van der Waals surface area contributed by atoms with Crippen molar-refractivity contribution in [3.8, 4) is 34.3 Å². The molecular weight excluding hydrogens is 420 g/mol. The molecule has 0 aliphatic rings. The summed E-state index contributed by atoms with van der Waals surface area (Å²) in [6, 6.07) is 19.0. The summed E-state index contributed by atoms with van der Waals surface area (Å²) >= 11 is 0. The summed E-state index contributed by atoms with van der Waals surface area (Å²) in [6.45, 7) is 2.19. The van der Waals surface area contributed by atoms with Gasteiger partial charge in [-0.05, 0) is 36.2 Å². The fraction of sp³-hybridized carbons (Fsp3) is 0.120. The molecule has 8 nitrogen and oxygen atoms in total. The number of carboxylic acid groups (broad SMARTS) is 1. The van der Waals surface area contributed by atoms with Gasteiger partial charge in [-0.3, -0.25) is 5.32 Å². The molecule has 2 aromatic carbocycles. The third kappa shape index (κ3) is 5.24. The number of ether oxygens (including phenoxy) is 2. The lowest BCUT2D eigenvalue weighted by Crippen LogP contribution is -2.10. The number of amides is 1. The Morgan fingerprint density at radius 3 is 2.30 bits per heavy atom. The summed E-state index contributed by atoms with van der Waals surface area (Å²) in [5.74, 6) is 0.779. The molecule has 4 rings (SSSR count). The van der Waals surface area contributed by atoms with E-state index in [1.54, 1.807) is 25.6 Å². The van der Waals surface area contributed by atoms with Crippen molar-refractivity contribution in [1.82, 2.24) is 15.0 Å². The molecule has 0 spiro atoms. The van der Waals surface area contributed by atoms with Gasteiger partial charge in [0.25, 0.3) is 0 Å². The van der Waals surface area contributed by atoms with Crippen LogP contribution in [0.15, 0.2) is 73.1 Å². The number of hydrogen-bond acceptors (Lipinski definition) is 6. The Hall–Kier alpha value is -4.46. The van der Waals surface area contributed by atoms with Gasteiger partial charge in [0.2, 0.25) is 0 Å². The van der Waals surface area contributed by atoms with Crippen LogP contribution in [0.25, 0.3) is 22.5 Å². The molecule has 0 radical (unpaired) electrons. The van der Waals surface area contributed by atoms with Crippen molar-refractivity contribution in [2.24, 2.45) is 0 Å². The molecule has 4 aromatic rings. The van der Waals surface area contributed by atoms with E-state index < -0.39 is 6.09 Å². The first-order valence-corrected chi connectivity index (χ1v) is 10.2. The molecule has 2 aromatic heterocycles. The van der Waals surface area contributed by atoms with Gasteiger partial charge in [0, 0.05) is 23.5 Å². The van der Waals surface area contributed by atoms with E-state index in [2.05, 4.69) is 15.3 Å². The smallest absolute Gasteiger partial charge is 0.409 e.